The number of esters is 1. The molecule has 0 bridgehead atoms. The minimum atomic E-state index is -0.519. The summed E-state index contributed by atoms with van der Waals surface area (Å²) in [5.74, 6) is -0.675. The van der Waals surface area contributed by atoms with Crippen LogP contribution in [0.2, 0.25) is 0 Å². The van der Waals surface area contributed by atoms with Crippen molar-refractivity contribution in [3.63, 3.8) is 0 Å². The van der Waals surface area contributed by atoms with E-state index in [2.05, 4.69) is 6.92 Å². The van der Waals surface area contributed by atoms with E-state index in [0.717, 1.165) is 16.7 Å². The Kier molecular flexibility index (Phi) is 3.56. The van der Waals surface area contributed by atoms with Gasteiger partial charge in [-0.05, 0) is 61.6 Å². The fraction of sp³-hybridized carbons (Fsp3) is 0.375. The van der Waals surface area contributed by atoms with E-state index in [9.17, 15) is 9.59 Å². The lowest BCUT2D eigenvalue weighted by Gasteiger charge is -2.19. The molecule has 0 spiro atoms. The van der Waals surface area contributed by atoms with Crippen LogP contribution >= 0.6 is 0 Å². The van der Waals surface area contributed by atoms with Gasteiger partial charge in [0.05, 0.1) is 6.61 Å². The zero-order chi connectivity index (χ0) is 14.2. The molecule has 3 heteroatoms. The van der Waals surface area contributed by atoms with Crippen LogP contribution in [0.15, 0.2) is 11.6 Å². The van der Waals surface area contributed by atoms with Gasteiger partial charge in [-0.1, -0.05) is 6.07 Å². The molecule has 3 nitrogen and oxygen atoms in total. The Morgan fingerprint density at radius 1 is 1.26 bits per heavy atom. The Labute approximate surface area is 113 Å². The predicted octanol–water partition coefficient (Wildman–Crippen LogP) is 2.68. The minimum absolute atomic E-state index is 0.155. The first-order chi connectivity index (χ1) is 8.95. The Morgan fingerprint density at radius 2 is 1.95 bits per heavy atom. The Morgan fingerprint density at radius 3 is 2.58 bits per heavy atom. The zero-order valence-electron chi connectivity index (χ0n) is 11.8. The largest absolute Gasteiger partial charge is 0.462 e. The molecule has 0 fully saturated rings. The second-order valence-corrected chi connectivity index (χ2v) is 4.89. The van der Waals surface area contributed by atoms with Crippen LogP contribution in [0.3, 0.4) is 0 Å². The Bertz CT molecular complexity index is 595. The monoisotopic (exact) mass is 258 g/mol. The summed E-state index contributed by atoms with van der Waals surface area (Å²) in [5, 5.41) is 0. The van der Waals surface area contributed by atoms with Gasteiger partial charge in [0.25, 0.3) is 0 Å². The van der Waals surface area contributed by atoms with Gasteiger partial charge in [0.2, 0.25) is 0 Å². The van der Waals surface area contributed by atoms with E-state index in [0.29, 0.717) is 0 Å². The third-order valence-corrected chi connectivity index (χ3v) is 3.76. The number of carbonyl (C=O) groups excluding carboxylic acids is 2. The lowest BCUT2D eigenvalue weighted by molar-refractivity contribution is -0.139. The Hall–Kier alpha value is -1.90. The summed E-state index contributed by atoms with van der Waals surface area (Å²) in [4.78, 5) is 23.8. The molecule has 100 valence electrons. The summed E-state index contributed by atoms with van der Waals surface area (Å²) in [6.07, 6.45) is 1.95. The van der Waals surface area contributed by atoms with Crippen LogP contribution in [-0.4, -0.2) is 18.4 Å². The van der Waals surface area contributed by atoms with Crippen molar-refractivity contribution in [2.24, 2.45) is 0 Å². The number of ketones is 1. The fourth-order valence-electron chi connectivity index (χ4n) is 2.40. The van der Waals surface area contributed by atoms with Crippen LogP contribution in [0.25, 0.3) is 6.08 Å². The summed E-state index contributed by atoms with van der Waals surface area (Å²) in [6.45, 7) is 8.13. The number of ether oxygens (including phenoxy) is 1. The number of carbonyl (C=O) groups is 2. The average Bonchev–Trinajstić information content (AvgIpc) is 2.37. The van der Waals surface area contributed by atoms with Crippen molar-refractivity contribution in [1.82, 2.24) is 0 Å². The van der Waals surface area contributed by atoms with Gasteiger partial charge in [-0.25, -0.2) is 4.79 Å². The fourth-order valence-corrected chi connectivity index (χ4v) is 2.40. The van der Waals surface area contributed by atoms with Gasteiger partial charge in [0.1, 0.15) is 5.57 Å². The van der Waals surface area contributed by atoms with Gasteiger partial charge in [0, 0.05) is 6.42 Å². The van der Waals surface area contributed by atoms with E-state index >= 15 is 0 Å². The summed E-state index contributed by atoms with van der Waals surface area (Å²) in [6, 6.07) is 2.03. The Balaban J connectivity index is 2.54. The second-order valence-electron chi connectivity index (χ2n) is 4.89. The smallest absolute Gasteiger partial charge is 0.341 e. The van der Waals surface area contributed by atoms with Crippen LogP contribution in [0.5, 0.6) is 0 Å². The first-order valence-corrected chi connectivity index (χ1v) is 6.47. The van der Waals surface area contributed by atoms with E-state index in [-0.39, 0.29) is 24.4 Å². The third-order valence-electron chi connectivity index (χ3n) is 3.76. The maximum Gasteiger partial charge on any atom is 0.341 e. The van der Waals surface area contributed by atoms with E-state index < -0.39 is 5.97 Å². The average molecular weight is 258 g/mol. The second kappa shape index (κ2) is 5.00. The van der Waals surface area contributed by atoms with Gasteiger partial charge >= 0.3 is 5.97 Å². The molecule has 19 heavy (non-hydrogen) atoms. The molecule has 1 aliphatic rings. The molecule has 1 aromatic carbocycles. The van der Waals surface area contributed by atoms with Crippen molar-refractivity contribution in [2.45, 2.75) is 34.1 Å². The lowest BCUT2D eigenvalue weighted by Crippen LogP contribution is -2.21. The van der Waals surface area contributed by atoms with E-state index in [1.54, 1.807) is 13.0 Å². The summed E-state index contributed by atoms with van der Waals surface area (Å²) in [5.41, 5.74) is 5.67. The summed E-state index contributed by atoms with van der Waals surface area (Å²) in [7, 11) is 0. The highest BCUT2D eigenvalue weighted by molar-refractivity contribution is 6.22. The van der Waals surface area contributed by atoms with Crippen LogP contribution in [-0.2, 0) is 20.7 Å². The standard InChI is InChI=1S/C16H18O3/c1-5-19-16(18)14-7-12-6-9(2)10(3)11(4)13(12)8-15(14)17/h6-7H,5,8H2,1-4H3. The molecule has 0 aliphatic heterocycles. The van der Waals surface area contributed by atoms with Crippen molar-refractivity contribution in [3.8, 4) is 0 Å². The highest BCUT2D eigenvalue weighted by atomic mass is 16.5. The molecule has 0 unspecified atom stereocenters. The van der Waals surface area contributed by atoms with E-state index in [4.69, 9.17) is 4.74 Å². The van der Waals surface area contributed by atoms with Gasteiger partial charge in [-0.2, -0.15) is 0 Å². The number of fused-ring (bicyclic) bond motifs is 1. The molecule has 2 rings (SSSR count). The maximum atomic E-state index is 12.1. The number of benzene rings is 1. The predicted molar refractivity (Wildman–Crippen MR) is 74.0 cm³/mol. The van der Waals surface area contributed by atoms with Crippen molar-refractivity contribution < 1.29 is 14.3 Å². The van der Waals surface area contributed by atoms with Crippen LogP contribution in [0, 0.1) is 20.8 Å². The van der Waals surface area contributed by atoms with Crippen LogP contribution in [0.1, 0.15) is 34.7 Å². The normalized spacial score (nSPS) is 13.9. The highest BCUT2D eigenvalue weighted by Gasteiger charge is 2.26. The molecule has 1 aromatic rings. The number of hydrogen-bond acceptors (Lipinski definition) is 3. The van der Waals surface area contributed by atoms with Gasteiger partial charge in [0.15, 0.2) is 5.78 Å². The molecular weight excluding hydrogens is 240 g/mol. The molecule has 0 saturated heterocycles. The maximum absolute atomic E-state index is 12.1. The van der Waals surface area contributed by atoms with E-state index in [1.165, 1.54) is 11.1 Å². The van der Waals surface area contributed by atoms with Crippen LogP contribution < -0.4 is 0 Å². The molecule has 0 atom stereocenters. The van der Waals surface area contributed by atoms with Crippen LogP contribution in [0.4, 0.5) is 0 Å². The highest BCUT2D eigenvalue weighted by Crippen LogP contribution is 2.29. The van der Waals surface area contributed by atoms with Gasteiger partial charge < -0.3 is 4.74 Å². The number of aryl methyl sites for hydroxylation is 1. The number of hydrogen-bond donors (Lipinski definition) is 0. The molecular formula is C16H18O3. The van der Waals surface area contributed by atoms with Crippen molar-refractivity contribution in [3.05, 3.63) is 39.5 Å². The molecule has 0 amide bonds. The SMILES string of the molecule is CCOC(=O)C1=Cc2cc(C)c(C)c(C)c2CC1=O. The minimum Gasteiger partial charge on any atom is -0.462 e. The van der Waals surface area contributed by atoms with E-state index in [1.807, 2.05) is 19.9 Å². The molecule has 0 radical (unpaired) electrons. The summed E-state index contributed by atoms with van der Waals surface area (Å²) < 4.78 is 4.92. The zero-order valence-corrected chi connectivity index (χ0v) is 11.8. The topological polar surface area (TPSA) is 43.4 Å². The van der Waals surface area contributed by atoms with Gasteiger partial charge in [-0.3, -0.25) is 4.79 Å². The molecule has 0 heterocycles. The van der Waals surface area contributed by atoms with Crippen molar-refractivity contribution >= 4 is 17.8 Å². The molecule has 1 aliphatic carbocycles. The third kappa shape index (κ3) is 2.33. The number of rotatable bonds is 2. The first kappa shape index (κ1) is 13.5. The molecule has 0 N–H and O–H groups in total. The lowest BCUT2D eigenvalue weighted by atomic mass is 9.85. The van der Waals surface area contributed by atoms with Crippen molar-refractivity contribution in [1.29, 1.82) is 0 Å². The molecule has 0 saturated carbocycles. The quantitative estimate of drug-likeness (QED) is 0.605. The van der Waals surface area contributed by atoms with Gasteiger partial charge in [-0.15, -0.1) is 0 Å². The molecule has 0 aromatic heterocycles. The van der Waals surface area contributed by atoms with Crippen molar-refractivity contribution in [2.75, 3.05) is 6.61 Å². The summed E-state index contributed by atoms with van der Waals surface area (Å²) >= 11 is 0. The first-order valence-electron chi connectivity index (χ1n) is 6.47. The number of Topliss-reactive ketones (excluding diaryl/α,β-unsaturated/α-hetero) is 1.